The predicted octanol–water partition coefficient (Wildman–Crippen LogP) is 2.50. The number of ether oxygens (including phenoxy) is 1. The quantitative estimate of drug-likeness (QED) is 0.872. The molecular formula is C17H25N3O2. The van der Waals surface area contributed by atoms with Gasteiger partial charge in [-0.05, 0) is 38.2 Å². The fourth-order valence-corrected chi connectivity index (χ4v) is 3.41. The van der Waals surface area contributed by atoms with Crippen LogP contribution in [0.1, 0.15) is 42.5 Å². The van der Waals surface area contributed by atoms with Gasteiger partial charge in [0.2, 0.25) is 0 Å². The minimum atomic E-state index is 0.0558. The maximum absolute atomic E-state index is 12.8. The van der Waals surface area contributed by atoms with E-state index < -0.39 is 0 Å². The molecule has 2 N–H and O–H groups in total. The van der Waals surface area contributed by atoms with Crippen LogP contribution in [0.3, 0.4) is 0 Å². The lowest BCUT2D eigenvalue weighted by Gasteiger charge is -2.28. The number of nitrogen functional groups attached to an aromatic ring is 1. The van der Waals surface area contributed by atoms with Gasteiger partial charge in [-0.2, -0.15) is 0 Å². The number of benzene rings is 1. The summed E-state index contributed by atoms with van der Waals surface area (Å²) in [6.45, 7) is 3.70. The maximum atomic E-state index is 12.8. The van der Waals surface area contributed by atoms with Crippen molar-refractivity contribution in [3.05, 3.63) is 17.7 Å². The summed E-state index contributed by atoms with van der Waals surface area (Å²) in [5.41, 5.74) is 8.25. The Morgan fingerprint density at radius 2 is 1.68 bits per heavy atom. The number of hydrogen-bond acceptors (Lipinski definition) is 4. The monoisotopic (exact) mass is 303 g/mol. The van der Waals surface area contributed by atoms with E-state index in [1.807, 2.05) is 11.0 Å². The lowest BCUT2D eigenvalue weighted by atomic mass is 10.1. The van der Waals surface area contributed by atoms with Crippen molar-refractivity contribution in [3.8, 4) is 5.75 Å². The molecule has 0 aliphatic carbocycles. The van der Waals surface area contributed by atoms with Crippen LogP contribution >= 0.6 is 0 Å². The second-order valence-electron chi connectivity index (χ2n) is 6.16. The Bertz CT molecular complexity index is 547. The number of rotatable bonds is 3. The lowest BCUT2D eigenvalue weighted by molar-refractivity contribution is 0.0725. The van der Waals surface area contributed by atoms with Gasteiger partial charge in [-0.15, -0.1) is 0 Å². The van der Waals surface area contributed by atoms with Crippen molar-refractivity contribution in [2.75, 3.05) is 43.9 Å². The van der Waals surface area contributed by atoms with Crippen LogP contribution in [0.4, 0.5) is 11.4 Å². The minimum absolute atomic E-state index is 0.0558. The predicted molar refractivity (Wildman–Crippen MR) is 88.6 cm³/mol. The first-order valence-corrected chi connectivity index (χ1v) is 8.22. The molecule has 2 heterocycles. The number of piperidine rings is 1. The van der Waals surface area contributed by atoms with E-state index in [0.29, 0.717) is 11.3 Å². The molecule has 2 saturated heterocycles. The highest BCUT2D eigenvalue weighted by Crippen LogP contribution is 2.35. The molecule has 3 rings (SSSR count). The van der Waals surface area contributed by atoms with Crippen molar-refractivity contribution in [3.63, 3.8) is 0 Å². The van der Waals surface area contributed by atoms with Crippen molar-refractivity contribution in [1.29, 1.82) is 0 Å². The number of anilines is 2. The van der Waals surface area contributed by atoms with Gasteiger partial charge in [0, 0.05) is 37.9 Å². The highest BCUT2D eigenvalue weighted by atomic mass is 16.5. The van der Waals surface area contributed by atoms with E-state index in [0.717, 1.165) is 50.5 Å². The Labute approximate surface area is 132 Å². The van der Waals surface area contributed by atoms with Gasteiger partial charge >= 0.3 is 0 Å². The van der Waals surface area contributed by atoms with E-state index in [2.05, 4.69) is 4.90 Å². The minimum Gasteiger partial charge on any atom is -0.495 e. The number of amides is 1. The number of nitrogens with two attached hydrogens (primary N) is 1. The highest BCUT2D eigenvalue weighted by Gasteiger charge is 2.24. The topological polar surface area (TPSA) is 58.8 Å². The number of methoxy groups -OCH3 is 1. The molecule has 0 unspecified atom stereocenters. The van der Waals surface area contributed by atoms with Crippen LogP contribution in [0.15, 0.2) is 12.1 Å². The molecular weight excluding hydrogens is 278 g/mol. The smallest absolute Gasteiger partial charge is 0.256 e. The average Bonchev–Trinajstić information content (AvgIpc) is 3.09. The van der Waals surface area contributed by atoms with Gasteiger partial charge in [0.15, 0.2) is 0 Å². The third-order valence-corrected chi connectivity index (χ3v) is 4.67. The third-order valence-electron chi connectivity index (χ3n) is 4.67. The molecule has 0 bridgehead atoms. The molecule has 2 aliphatic heterocycles. The Kier molecular flexibility index (Phi) is 4.41. The van der Waals surface area contributed by atoms with Crippen LogP contribution in [0, 0.1) is 0 Å². The molecule has 0 radical (unpaired) electrons. The van der Waals surface area contributed by atoms with Crippen LogP contribution in [-0.4, -0.2) is 44.1 Å². The van der Waals surface area contributed by atoms with Gasteiger partial charge in [-0.3, -0.25) is 4.79 Å². The Balaban J connectivity index is 1.92. The number of carbonyl (C=O) groups is 1. The second-order valence-corrected chi connectivity index (χ2v) is 6.16. The van der Waals surface area contributed by atoms with Crippen molar-refractivity contribution in [2.45, 2.75) is 32.1 Å². The molecule has 0 saturated carbocycles. The number of nitrogens with zero attached hydrogens (tertiary/aromatic N) is 2. The first-order valence-electron chi connectivity index (χ1n) is 8.22. The average molecular weight is 303 g/mol. The van der Waals surface area contributed by atoms with Gasteiger partial charge in [0.1, 0.15) is 5.75 Å². The first-order chi connectivity index (χ1) is 10.7. The zero-order valence-electron chi connectivity index (χ0n) is 13.3. The molecule has 0 spiro atoms. The van der Waals surface area contributed by atoms with Crippen molar-refractivity contribution in [2.24, 2.45) is 0 Å². The molecule has 22 heavy (non-hydrogen) atoms. The lowest BCUT2D eigenvalue weighted by Crippen LogP contribution is -2.36. The molecule has 2 fully saturated rings. The number of likely N-dealkylation sites (tertiary alicyclic amines) is 1. The summed E-state index contributed by atoms with van der Waals surface area (Å²) >= 11 is 0. The molecule has 0 atom stereocenters. The number of carbonyl (C=O) groups excluding carboxylic acids is 1. The summed E-state index contributed by atoms with van der Waals surface area (Å²) in [7, 11) is 1.65. The van der Waals surface area contributed by atoms with E-state index in [1.165, 1.54) is 19.3 Å². The Hall–Kier alpha value is -1.91. The molecule has 120 valence electrons. The first kappa shape index (κ1) is 15.0. The number of hydrogen-bond donors (Lipinski definition) is 1. The molecule has 1 aromatic carbocycles. The molecule has 5 heteroatoms. The summed E-state index contributed by atoms with van der Waals surface area (Å²) in [5, 5.41) is 0. The van der Waals surface area contributed by atoms with E-state index in [-0.39, 0.29) is 5.91 Å². The standard InChI is InChI=1S/C17H25N3O2/c1-22-16-12-14(18)13(11-15(16)19-7-5-6-8-19)17(21)20-9-3-2-4-10-20/h11-12H,2-10,18H2,1H3. The van der Waals surface area contributed by atoms with Crippen molar-refractivity contribution in [1.82, 2.24) is 4.90 Å². The molecule has 1 amide bonds. The maximum Gasteiger partial charge on any atom is 0.256 e. The largest absolute Gasteiger partial charge is 0.495 e. The van der Waals surface area contributed by atoms with E-state index >= 15 is 0 Å². The molecule has 5 nitrogen and oxygen atoms in total. The van der Waals surface area contributed by atoms with E-state index in [9.17, 15) is 4.79 Å². The van der Waals surface area contributed by atoms with Gasteiger partial charge in [-0.1, -0.05) is 0 Å². The van der Waals surface area contributed by atoms with Crippen LogP contribution in [0.25, 0.3) is 0 Å². The van der Waals surface area contributed by atoms with Crippen LogP contribution in [0.2, 0.25) is 0 Å². The van der Waals surface area contributed by atoms with Gasteiger partial charge in [-0.25, -0.2) is 0 Å². The summed E-state index contributed by atoms with van der Waals surface area (Å²) in [5.74, 6) is 0.815. The van der Waals surface area contributed by atoms with Crippen molar-refractivity contribution < 1.29 is 9.53 Å². The normalized spacial score (nSPS) is 18.6. The van der Waals surface area contributed by atoms with Gasteiger partial charge in [0.25, 0.3) is 5.91 Å². The zero-order valence-corrected chi connectivity index (χ0v) is 13.3. The van der Waals surface area contributed by atoms with Crippen molar-refractivity contribution >= 4 is 17.3 Å². The van der Waals surface area contributed by atoms with E-state index in [1.54, 1.807) is 13.2 Å². The van der Waals surface area contributed by atoms with E-state index in [4.69, 9.17) is 10.5 Å². The summed E-state index contributed by atoms with van der Waals surface area (Å²) in [4.78, 5) is 17.0. The molecule has 1 aromatic rings. The summed E-state index contributed by atoms with van der Waals surface area (Å²) in [6, 6.07) is 3.72. The fraction of sp³-hybridized carbons (Fsp3) is 0.588. The van der Waals surface area contributed by atoms with Crippen LogP contribution in [0.5, 0.6) is 5.75 Å². The van der Waals surface area contributed by atoms with Gasteiger partial charge < -0.3 is 20.3 Å². The fourth-order valence-electron chi connectivity index (χ4n) is 3.41. The van der Waals surface area contributed by atoms with Crippen LogP contribution in [-0.2, 0) is 0 Å². The SMILES string of the molecule is COc1cc(N)c(C(=O)N2CCCCC2)cc1N1CCCC1. The summed E-state index contributed by atoms with van der Waals surface area (Å²) in [6.07, 6.45) is 5.74. The molecule has 2 aliphatic rings. The third kappa shape index (κ3) is 2.85. The Morgan fingerprint density at radius 3 is 2.32 bits per heavy atom. The Morgan fingerprint density at radius 1 is 1.05 bits per heavy atom. The second kappa shape index (κ2) is 6.46. The van der Waals surface area contributed by atoms with Crippen LogP contribution < -0.4 is 15.4 Å². The van der Waals surface area contributed by atoms with Gasteiger partial charge in [0.05, 0.1) is 18.4 Å². The summed E-state index contributed by atoms with van der Waals surface area (Å²) < 4.78 is 5.47. The highest BCUT2D eigenvalue weighted by molar-refractivity contribution is 6.01. The zero-order chi connectivity index (χ0) is 15.5. The molecule has 0 aromatic heterocycles.